The Bertz CT molecular complexity index is 567. The highest BCUT2D eigenvalue weighted by Crippen LogP contribution is 2.30. The summed E-state index contributed by atoms with van der Waals surface area (Å²) in [6, 6.07) is 7.90. The molecule has 0 aliphatic carbocycles. The first kappa shape index (κ1) is 17.2. The molecule has 1 amide bonds. The molecule has 2 fully saturated rings. The fourth-order valence-electron chi connectivity index (χ4n) is 3.36. The number of ether oxygens (including phenoxy) is 2. The fraction of sp³-hybridized carbons (Fsp3) is 0.611. The van der Waals surface area contributed by atoms with E-state index in [1.807, 2.05) is 24.3 Å². The Morgan fingerprint density at radius 1 is 1.25 bits per heavy atom. The quantitative estimate of drug-likeness (QED) is 0.842. The summed E-state index contributed by atoms with van der Waals surface area (Å²) in [5.41, 5.74) is -0.581. The number of morpholine rings is 1. The molecule has 0 aromatic heterocycles. The van der Waals surface area contributed by atoms with Crippen LogP contribution in [0.5, 0.6) is 5.75 Å². The van der Waals surface area contributed by atoms with E-state index in [0.29, 0.717) is 39.4 Å². The summed E-state index contributed by atoms with van der Waals surface area (Å²) < 4.78 is 25.6. The van der Waals surface area contributed by atoms with Crippen LogP contribution in [0, 0.1) is 0 Å². The largest absolute Gasteiger partial charge is 0.497 e. The highest BCUT2D eigenvalue weighted by Gasteiger charge is 2.44. The SMILES string of the molecule is COc1cccc(CN2CCC(F)(C(=O)N3CCOCC3)CC2)c1. The lowest BCUT2D eigenvalue weighted by atomic mass is 9.91. The number of benzene rings is 1. The van der Waals surface area contributed by atoms with Crippen molar-refractivity contribution in [2.75, 3.05) is 46.5 Å². The Hall–Kier alpha value is -1.66. The minimum atomic E-state index is -1.72. The Kier molecular flexibility index (Phi) is 5.36. The molecule has 2 saturated heterocycles. The van der Waals surface area contributed by atoms with E-state index in [2.05, 4.69) is 4.90 Å². The minimum absolute atomic E-state index is 0.257. The molecule has 2 heterocycles. The fourth-order valence-corrected chi connectivity index (χ4v) is 3.36. The van der Waals surface area contributed by atoms with Crippen LogP contribution in [-0.2, 0) is 16.1 Å². The van der Waals surface area contributed by atoms with Gasteiger partial charge < -0.3 is 14.4 Å². The van der Waals surface area contributed by atoms with Gasteiger partial charge in [0.15, 0.2) is 5.67 Å². The molecule has 3 rings (SSSR count). The van der Waals surface area contributed by atoms with E-state index in [-0.39, 0.29) is 18.7 Å². The second kappa shape index (κ2) is 7.49. The number of hydrogen-bond acceptors (Lipinski definition) is 4. The zero-order valence-electron chi connectivity index (χ0n) is 14.2. The van der Waals surface area contributed by atoms with Gasteiger partial charge in [0.1, 0.15) is 5.75 Å². The summed E-state index contributed by atoms with van der Waals surface area (Å²) in [7, 11) is 1.65. The van der Waals surface area contributed by atoms with Crippen molar-refractivity contribution >= 4 is 5.91 Å². The van der Waals surface area contributed by atoms with Crippen molar-refractivity contribution < 1.29 is 18.7 Å². The number of carbonyl (C=O) groups excluding carboxylic acids is 1. The number of piperidine rings is 1. The normalized spacial score (nSPS) is 21.5. The molecule has 0 N–H and O–H groups in total. The standard InChI is InChI=1S/C18H25FN2O3/c1-23-16-4-2-3-15(13-16)14-20-7-5-18(19,6-8-20)17(22)21-9-11-24-12-10-21/h2-4,13H,5-12,14H2,1H3. The van der Waals surface area contributed by atoms with E-state index >= 15 is 4.39 Å². The molecular weight excluding hydrogens is 311 g/mol. The molecule has 2 aliphatic heterocycles. The second-order valence-corrected chi connectivity index (χ2v) is 6.50. The van der Waals surface area contributed by atoms with Crippen LogP contribution in [0.1, 0.15) is 18.4 Å². The van der Waals surface area contributed by atoms with Gasteiger partial charge in [-0.1, -0.05) is 12.1 Å². The van der Waals surface area contributed by atoms with Crippen molar-refractivity contribution in [1.29, 1.82) is 0 Å². The zero-order valence-corrected chi connectivity index (χ0v) is 14.2. The van der Waals surface area contributed by atoms with Crippen LogP contribution in [0.15, 0.2) is 24.3 Å². The van der Waals surface area contributed by atoms with E-state index < -0.39 is 5.67 Å². The van der Waals surface area contributed by atoms with Gasteiger partial charge >= 0.3 is 0 Å². The maximum atomic E-state index is 15.1. The summed E-state index contributed by atoms with van der Waals surface area (Å²) >= 11 is 0. The van der Waals surface area contributed by atoms with Crippen LogP contribution in [0.4, 0.5) is 4.39 Å². The average molecular weight is 336 g/mol. The third kappa shape index (κ3) is 3.87. The summed E-state index contributed by atoms with van der Waals surface area (Å²) in [4.78, 5) is 16.3. The Balaban J connectivity index is 1.55. The molecule has 0 radical (unpaired) electrons. The smallest absolute Gasteiger partial charge is 0.260 e. The topological polar surface area (TPSA) is 42.0 Å². The predicted octanol–water partition coefficient (Wildman–Crippen LogP) is 1.86. The lowest BCUT2D eigenvalue weighted by molar-refractivity contribution is -0.151. The number of methoxy groups -OCH3 is 1. The van der Waals surface area contributed by atoms with Crippen molar-refractivity contribution in [2.45, 2.75) is 25.1 Å². The molecule has 6 heteroatoms. The molecule has 0 bridgehead atoms. The van der Waals surface area contributed by atoms with Crippen molar-refractivity contribution in [3.63, 3.8) is 0 Å². The second-order valence-electron chi connectivity index (χ2n) is 6.50. The van der Waals surface area contributed by atoms with Gasteiger partial charge in [-0.2, -0.15) is 0 Å². The Morgan fingerprint density at radius 2 is 1.96 bits per heavy atom. The van der Waals surface area contributed by atoms with Crippen molar-refractivity contribution in [3.05, 3.63) is 29.8 Å². The number of rotatable bonds is 4. The third-order valence-electron chi connectivity index (χ3n) is 4.87. The summed E-state index contributed by atoms with van der Waals surface area (Å²) in [6.45, 7) is 3.93. The van der Waals surface area contributed by atoms with Gasteiger partial charge in [-0.15, -0.1) is 0 Å². The molecule has 0 spiro atoms. The molecule has 0 saturated carbocycles. The molecular formula is C18H25FN2O3. The van der Waals surface area contributed by atoms with Gasteiger partial charge in [0, 0.05) is 45.6 Å². The highest BCUT2D eigenvalue weighted by molar-refractivity contribution is 5.85. The molecule has 0 atom stereocenters. The van der Waals surface area contributed by atoms with E-state index in [4.69, 9.17) is 9.47 Å². The van der Waals surface area contributed by atoms with Gasteiger partial charge in [0.25, 0.3) is 5.91 Å². The zero-order chi connectivity index (χ0) is 17.0. The van der Waals surface area contributed by atoms with Crippen LogP contribution in [-0.4, -0.2) is 67.9 Å². The highest BCUT2D eigenvalue weighted by atomic mass is 19.1. The summed E-state index contributed by atoms with van der Waals surface area (Å²) in [5.74, 6) is 0.471. The lowest BCUT2D eigenvalue weighted by Gasteiger charge is -2.39. The van der Waals surface area contributed by atoms with Gasteiger partial charge in [-0.25, -0.2) is 4.39 Å². The molecule has 5 nitrogen and oxygen atoms in total. The van der Waals surface area contributed by atoms with Gasteiger partial charge in [-0.3, -0.25) is 9.69 Å². The number of amides is 1. The number of nitrogens with zero attached hydrogens (tertiary/aromatic N) is 2. The average Bonchev–Trinajstić information content (AvgIpc) is 2.64. The number of alkyl halides is 1. The summed E-state index contributed by atoms with van der Waals surface area (Å²) in [5, 5.41) is 0. The van der Waals surface area contributed by atoms with Gasteiger partial charge in [-0.05, 0) is 17.7 Å². The molecule has 2 aliphatic rings. The first-order valence-corrected chi connectivity index (χ1v) is 8.52. The van der Waals surface area contributed by atoms with E-state index in [0.717, 1.165) is 17.9 Å². The monoisotopic (exact) mass is 336 g/mol. The first-order valence-electron chi connectivity index (χ1n) is 8.52. The number of halogens is 1. The van der Waals surface area contributed by atoms with Crippen LogP contribution in [0.2, 0.25) is 0 Å². The maximum Gasteiger partial charge on any atom is 0.260 e. The summed E-state index contributed by atoms with van der Waals surface area (Å²) in [6.07, 6.45) is 0.514. The maximum absolute atomic E-state index is 15.1. The lowest BCUT2D eigenvalue weighted by Crippen LogP contribution is -2.54. The first-order chi connectivity index (χ1) is 11.6. The van der Waals surface area contributed by atoms with E-state index in [1.165, 1.54) is 0 Å². The van der Waals surface area contributed by atoms with Crippen molar-refractivity contribution in [3.8, 4) is 5.75 Å². The molecule has 132 valence electrons. The van der Waals surface area contributed by atoms with Gasteiger partial charge in [0.2, 0.25) is 0 Å². The van der Waals surface area contributed by atoms with Crippen LogP contribution in [0.3, 0.4) is 0 Å². The molecule has 1 aromatic carbocycles. The predicted molar refractivity (Wildman–Crippen MR) is 88.7 cm³/mol. The van der Waals surface area contributed by atoms with E-state index in [9.17, 15) is 4.79 Å². The van der Waals surface area contributed by atoms with Crippen molar-refractivity contribution in [2.24, 2.45) is 0 Å². The third-order valence-corrected chi connectivity index (χ3v) is 4.87. The Labute approximate surface area is 142 Å². The van der Waals surface area contributed by atoms with Gasteiger partial charge in [0.05, 0.1) is 20.3 Å². The molecule has 24 heavy (non-hydrogen) atoms. The van der Waals surface area contributed by atoms with Crippen LogP contribution >= 0.6 is 0 Å². The van der Waals surface area contributed by atoms with E-state index in [1.54, 1.807) is 12.0 Å². The number of likely N-dealkylation sites (tertiary alicyclic amines) is 1. The minimum Gasteiger partial charge on any atom is -0.497 e. The number of hydrogen-bond donors (Lipinski definition) is 0. The number of carbonyl (C=O) groups is 1. The van der Waals surface area contributed by atoms with Crippen LogP contribution in [0.25, 0.3) is 0 Å². The molecule has 0 unspecified atom stereocenters. The molecule has 1 aromatic rings. The van der Waals surface area contributed by atoms with Crippen LogP contribution < -0.4 is 4.74 Å². The Morgan fingerprint density at radius 3 is 2.62 bits per heavy atom. The van der Waals surface area contributed by atoms with Crippen molar-refractivity contribution in [1.82, 2.24) is 9.80 Å².